The average molecular weight is 330 g/mol. The van der Waals surface area contributed by atoms with Gasteiger partial charge in [-0.25, -0.2) is 4.39 Å². The number of hydrogen-bond donors (Lipinski definition) is 1. The van der Waals surface area contributed by atoms with E-state index in [2.05, 4.69) is 28.2 Å². The van der Waals surface area contributed by atoms with Crippen LogP contribution in [-0.2, 0) is 17.9 Å². The highest BCUT2D eigenvalue weighted by atomic mass is 79.9. The fourth-order valence-electron chi connectivity index (χ4n) is 2.05. The number of furan rings is 1. The number of hydrogen-bond acceptors (Lipinski definition) is 3. The standard InChI is InChI=1S/C14H17BrFNO2/c1-3-4-17-7-13-11(8-18-2)10-5-9(16)6-12(15)14(10)19-13/h5-6,17H,3-4,7-8H2,1-2H3. The van der Waals surface area contributed by atoms with Gasteiger partial charge in [-0.3, -0.25) is 0 Å². The van der Waals surface area contributed by atoms with Gasteiger partial charge in [0.05, 0.1) is 17.6 Å². The first kappa shape index (κ1) is 14.5. The molecule has 0 aliphatic carbocycles. The summed E-state index contributed by atoms with van der Waals surface area (Å²) in [6.07, 6.45) is 1.05. The Kier molecular flexibility index (Phi) is 4.96. The molecule has 0 aliphatic rings. The SMILES string of the molecule is CCCNCc1oc2c(Br)cc(F)cc2c1COC. The van der Waals surface area contributed by atoms with E-state index in [0.717, 1.165) is 29.7 Å². The maximum Gasteiger partial charge on any atom is 0.149 e. The van der Waals surface area contributed by atoms with E-state index >= 15 is 0 Å². The van der Waals surface area contributed by atoms with Gasteiger partial charge in [-0.15, -0.1) is 0 Å². The summed E-state index contributed by atoms with van der Waals surface area (Å²) < 4.78 is 25.2. The number of benzene rings is 1. The van der Waals surface area contributed by atoms with Crippen molar-refractivity contribution >= 4 is 26.9 Å². The summed E-state index contributed by atoms with van der Waals surface area (Å²) >= 11 is 3.33. The molecule has 0 unspecified atom stereocenters. The molecule has 0 amide bonds. The van der Waals surface area contributed by atoms with Crippen LogP contribution in [0.3, 0.4) is 0 Å². The first-order valence-electron chi connectivity index (χ1n) is 6.26. The molecule has 3 nitrogen and oxygen atoms in total. The van der Waals surface area contributed by atoms with Crippen LogP contribution in [-0.4, -0.2) is 13.7 Å². The van der Waals surface area contributed by atoms with Crippen molar-refractivity contribution in [2.75, 3.05) is 13.7 Å². The van der Waals surface area contributed by atoms with E-state index in [1.807, 2.05) is 0 Å². The molecule has 0 bridgehead atoms. The lowest BCUT2D eigenvalue weighted by Gasteiger charge is -2.03. The molecule has 1 aromatic heterocycles. The number of fused-ring (bicyclic) bond motifs is 1. The Morgan fingerprint density at radius 2 is 2.21 bits per heavy atom. The molecule has 2 rings (SSSR count). The molecule has 1 heterocycles. The number of ether oxygens (including phenoxy) is 1. The average Bonchev–Trinajstić information content (AvgIpc) is 2.70. The van der Waals surface area contributed by atoms with Gasteiger partial charge in [-0.1, -0.05) is 6.92 Å². The predicted octanol–water partition coefficient (Wildman–Crippen LogP) is 3.98. The highest BCUT2D eigenvalue weighted by Crippen LogP contribution is 2.33. The maximum absolute atomic E-state index is 13.5. The van der Waals surface area contributed by atoms with E-state index in [4.69, 9.17) is 9.15 Å². The molecule has 0 aliphatic heterocycles. The van der Waals surface area contributed by atoms with Gasteiger partial charge >= 0.3 is 0 Å². The quantitative estimate of drug-likeness (QED) is 0.814. The van der Waals surface area contributed by atoms with Crippen LogP contribution in [0, 0.1) is 5.82 Å². The van der Waals surface area contributed by atoms with Crippen LogP contribution in [0.5, 0.6) is 0 Å². The fraction of sp³-hybridized carbons (Fsp3) is 0.429. The second-order valence-electron chi connectivity index (χ2n) is 4.38. The summed E-state index contributed by atoms with van der Waals surface area (Å²) in [5.41, 5.74) is 1.57. The number of rotatable bonds is 6. The van der Waals surface area contributed by atoms with E-state index in [-0.39, 0.29) is 5.82 Å². The molecule has 5 heteroatoms. The molecule has 0 fully saturated rings. The first-order chi connectivity index (χ1) is 9.17. The van der Waals surface area contributed by atoms with Crippen LogP contribution < -0.4 is 5.32 Å². The predicted molar refractivity (Wildman–Crippen MR) is 76.6 cm³/mol. The Morgan fingerprint density at radius 3 is 2.89 bits per heavy atom. The van der Waals surface area contributed by atoms with Crippen LogP contribution in [0.2, 0.25) is 0 Å². The third-order valence-electron chi connectivity index (χ3n) is 2.90. The summed E-state index contributed by atoms with van der Waals surface area (Å²) in [5.74, 6) is 0.516. The minimum Gasteiger partial charge on any atom is -0.458 e. The van der Waals surface area contributed by atoms with Crippen molar-refractivity contribution < 1.29 is 13.5 Å². The van der Waals surface area contributed by atoms with Gasteiger partial charge in [0.2, 0.25) is 0 Å². The van der Waals surface area contributed by atoms with Crippen molar-refractivity contribution in [2.24, 2.45) is 0 Å². The summed E-state index contributed by atoms with van der Waals surface area (Å²) in [7, 11) is 1.62. The highest BCUT2D eigenvalue weighted by Gasteiger charge is 2.16. The molecule has 19 heavy (non-hydrogen) atoms. The number of methoxy groups -OCH3 is 1. The maximum atomic E-state index is 13.5. The summed E-state index contributed by atoms with van der Waals surface area (Å²) in [6.45, 7) is 4.05. The largest absolute Gasteiger partial charge is 0.458 e. The molecule has 0 saturated heterocycles. The van der Waals surface area contributed by atoms with Crippen molar-refractivity contribution in [2.45, 2.75) is 26.5 Å². The van der Waals surface area contributed by atoms with Gasteiger partial charge in [0, 0.05) is 18.1 Å². The molecular weight excluding hydrogens is 313 g/mol. The molecule has 0 atom stereocenters. The van der Waals surface area contributed by atoms with E-state index in [0.29, 0.717) is 23.2 Å². The Morgan fingerprint density at radius 1 is 1.42 bits per heavy atom. The molecule has 1 aromatic carbocycles. The Balaban J connectivity index is 2.44. The number of halogens is 2. The highest BCUT2D eigenvalue weighted by molar-refractivity contribution is 9.10. The molecular formula is C14H17BrFNO2. The van der Waals surface area contributed by atoms with Crippen LogP contribution in [0.25, 0.3) is 11.0 Å². The van der Waals surface area contributed by atoms with E-state index < -0.39 is 0 Å². The third kappa shape index (κ3) is 3.16. The van der Waals surface area contributed by atoms with Gasteiger partial charge in [0.1, 0.15) is 17.2 Å². The minimum absolute atomic E-state index is 0.286. The Labute approximate surface area is 120 Å². The first-order valence-corrected chi connectivity index (χ1v) is 7.05. The molecule has 104 valence electrons. The van der Waals surface area contributed by atoms with Crippen molar-refractivity contribution in [3.05, 3.63) is 33.7 Å². The van der Waals surface area contributed by atoms with E-state index in [1.54, 1.807) is 7.11 Å². The van der Waals surface area contributed by atoms with Crippen molar-refractivity contribution in [3.63, 3.8) is 0 Å². The second-order valence-corrected chi connectivity index (χ2v) is 5.23. The molecule has 1 N–H and O–H groups in total. The van der Waals surface area contributed by atoms with Crippen molar-refractivity contribution in [3.8, 4) is 0 Å². The van der Waals surface area contributed by atoms with Gasteiger partial charge in [0.15, 0.2) is 0 Å². The van der Waals surface area contributed by atoms with Gasteiger partial charge < -0.3 is 14.5 Å². The molecule has 0 radical (unpaired) electrons. The molecule has 0 saturated carbocycles. The van der Waals surface area contributed by atoms with Crippen LogP contribution >= 0.6 is 15.9 Å². The van der Waals surface area contributed by atoms with Crippen LogP contribution in [0.4, 0.5) is 4.39 Å². The van der Waals surface area contributed by atoms with Gasteiger partial charge in [0.25, 0.3) is 0 Å². The zero-order valence-electron chi connectivity index (χ0n) is 11.1. The Hall–Kier alpha value is -0.910. The third-order valence-corrected chi connectivity index (χ3v) is 3.49. The van der Waals surface area contributed by atoms with Crippen molar-refractivity contribution in [1.82, 2.24) is 5.32 Å². The van der Waals surface area contributed by atoms with Crippen LogP contribution in [0.1, 0.15) is 24.7 Å². The second kappa shape index (κ2) is 6.50. The number of nitrogens with one attached hydrogen (secondary N) is 1. The van der Waals surface area contributed by atoms with Crippen molar-refractivity contribution in [1.29, 1.82) is 0 Å². The zero-order chi connectivity index (χ0) is 13.8. The summed E-state index contributed by atoms with van der Waals surface area (Å²) in [6, 6.07) is 2.90. The Bertz CT molecular complexity index is 568. The van der Waals surface area contributed by atoms with Crippen LogP contribution in [0.15, 0.2) is 21.0 Å². The summed E-state index contributed by atoms with van der Waals surface area (Å²) in [4.78, 5) is 0. The van der Waals surface area contributed by atoms with E-state index in [1.165, 1.54) is 12.1 Å². The molecule has 2 aromatic rings. The van der Waals surface area contributed by atoms with E-state index in [9.17, 15) is 4.39 Å². The lowest BCUT2D eigenvalue weighted by atomic mass is 10.1. The molecule has 0 spiro atoms. The smallest absolute Gasteiger partial charge is 0.149 e. The lowest BCUT2D eigenvalue weighted by Crippen LogP contribution is -2.14. The zero-order valence-corrected chi connectivity index (χ0v) is 12.6. The lowest BCUT2D eigenvalue weighted by molar-refractivity contribution is 0.183. The van der Waals surface area contributed by atoms with Gasteiger partial charge in [-0.05, 0) is 41.0 Å². The minimum atomic E-state index is -0.286. The monoisotopic (exact) mass is 329 g/mol. The fourth-order valence-corrected chi connectivity index (χ4v) is 2.56. The normalized spacial score (nSPS) is 11.4. The summed E-state index contributed by atoms with van der Waals surface area (Å²) in [5, 5.41) is 4.05. The van der Waals surface area contributed by atoms with Gasteiger partial charge in [-0.2, -0.15) is 0 Å². The topological polar surface area (TPSA) is 34.4 Å².